The van der Waals surface area contributed by atoms with E-state index < -0.39 is 12.0 Å². The highest BCUT2D eigenvalue weighted by molar-refractivity contribution is 5.81. The molecule has 0 fully saturated rings. The Hall–Kier alpha value is -1.10. The summed E-state index contributed by atoms with van der Waals surface area (Å²) in [5, 5.41) is 10.7. The van der Waals surface area contributed by atoms with E-state index in [4.69, 9.17) is 10.8 Å². The van der Waals surface area contributed by atoms with Crippen molar-refractivity contribution in [1.29, 1.82) is 0 Å². The van der Waals surface area contributed by atoms with E-state index in [0.717, 1.165) is 0 Å². The monoisotopic (exact) mass is 174 g/mol. The van der Waals surface area contributed by atoms with Gasteiger partial charge in [-0.2, -0.15) is 0 Å². The first-order chi connectivity index (χ1) is 5.57. The molecule has 0 rings (SSSR count). The van der Waals surface area contributed by atoms with Gasteiger partial charge in [0, 0.05) is 6.54 Å². The van der Waals surface area contributed by atoms with Crippen LogP contribution < -0.4 is 11.1 Å². The van der Waals surface area contributed by atoms with Crippen molar-refractivity contribution in [3.63, 3.8) is 0 Å². The van der Waals surface area contributed by atoms with Crippen molar-refractivity contribution in [2.24, 2.45) is 5.73 Å². The molecule has 0 spiro atoms. The molecule has 0 saturated carbocycles. The highest BCUT2D eigenvalue weighted by atomic mass is 16.4. The maximum Gasteiger partial charge on any atom is 0.305 e. The number of nitrogens with one attached hydrogen (secondary N) is 1. The zero-order chi connectivity index (χ0) is 9.56. The van der Waals surface area contributed by atoms with Crippen molar-refractivity contribution in [2.45, 2.75) is 25.8 Å². The van der Waals surface area contributed by atoms with Gasteiger partial charge in [0.15, 0.2) is 0 Å². The number of carbonyl (C=O) groups excluding carboxylic acids is 1. The molecular formula is C7H14N2O3. The fraction of sp³-hybridized carbons (Fsp3) is 0.714. The topological polar surface area (TPSA) is 92.4 Å². The number of rotatable bonds is 5. The van der Waals surface area contributed by atoms with Gasteiger partial charge < -0.3 is 16.2 Å². The lowest BCUT2D eigenvalue weighted by Crippen LogP contribution is -2.40. The first kappa shape index (κ1) is 10.9. The molecule has 0 saturated heterocycles. The summed E-state index contributed by atoms with van der Waals surface area (Å²) in [5.41, 5.74) is 5.37. The second-order valence-corrected chi connectivity index (χ2v) is 2.45. The third kappa shape index (κ3) is 4.68. The predicted octanol–water partition coefficient (Wildman–Crippen LogP) is -0.685. The summed E-state index contributed by atoms with van der Waals surface area (Å²) in [6.07, 6.45) is 0.487. The molecule has 0 radical (unpaired) electrons. The molecule has 0 aliphatic rings. The molecule has 0 aliphatic heterocycles. The van der Waals surface area contributed by atoms with E-state index in [-0.39, 0.29) is 18.9 Å². The maximum absolute atomic E-state index is 10.9. The van der Waals surface area contributed by atoms with Gasteiger partial charge in [0.2, 0.25) is 5.91 Å². The van der Waals surface area contributed by atoms with E-state index in [1.54, 1.807) is 6.92 Å². The fourth-order valence-electron chi connectivity index (χ4n) is 0.609. The van der Waals surface area contributed by atoms with Crippen LogP contribution in [-0.2, 0) is 9.59 Å². The zero-order valence-corrected chi connectivity index (χ0v) is 7.04. The maximum atomic E-state index is 10.9. The SMILES string of the molecule is CCC(N)C(=O)NCCC(=O)O. The van der Waals surface area contributed by atoms with E-state index in [2.05, 4.69) is 5.32 Å². The number of carboxylic acids is 1. The molecule has 0 aromatic rings. The van der Waals surface area contributed by atoms with Gasteiger partial charge in [0.05, 0.1) is 12.5 Å². The van der Waals surface area contributed by atoms with Gasteiger partial charge in [0.25, 0.3) is 0 Å². The Kier molecular flexibility index (Phi) is 5.03. The van der Waals surface area contributed by atoms with Crippen LogP contribution in [0.4, 0.5) is 0 Å². The molecule has 0 aromatic heterocycles. The Labute approximate surface area is 70.9 Å². The number of amides is 1. The van der Waals surface area contributed by atoms with Crippen LogP contribution in [0.15, 0.2) is 0 Å². The minimum Gasteiger partial charge on any atom is -0.481 e. The van der Waals surface area contributed by atoms with Crippen LogP contribution >= 0.6 is 0 Å². The number of hydrogen-bond acceptors (Lipinski definition) is 3. The van der Waals surface area contributed by atoms with Crippen LogP contribution in [-0.4, -0.2) is 29.6 Å². The number of carboxylic acid groups (broad SMARTS) is 1. The standard InChI is InChI=1S/C7H14N2O3/c1-2-5(8)7(12)9-4-3-6(10)11/h5H,2-4,8H2,1H3,(H,9,12)(H,10,11). The van der Waals surface area contributed by atoms with Crippen molar-refractivity contribution < 1.29 is 14.7 Å². The van der Waals surface area contributed by atoms with E-state index >= 15 is 0 Å². The molecule has 70 valence electrons. The highest BCUT2D eigenvalue weighted by Gasteiger charge is 2.09. The quantitative estimate of drug-likeness (QED) is 0.514. The molecule has 4 N–H and O–H groups in total. The Morgan fingerprint density at radius 3 is 2.58 bits per heavy atom. The van der Waals surface area contributed by atoms with Gasteiger partial charge in [-0.25, -0.2) is 0 Å². The third-order valence-corrected chi connectivity index (χ3v) is 1.41. The van der Waals surface area contributed by atoms with Crippen molar-refractivity contribution in [3.05, 3.63) is 0 Å². The summed E-state index contributed by atoms with van der Waals surface area (Å²) in [4.78, 5) is 21.0. The van der Waals surface area contributed by atoms with Crippen LogP contribution in [0.25, 0.3) is 0 Å². The second-order valence-electron chi connectivity index (χ2n) is 2.45. The van der Waals surface area contributed by atoms with Crippen LogP contribution in [0.2, 0.25) is 0 Å². The average molecular weight is 174 g/mol. The Bertz CT molecular complexity index is 170. The van der Waals surface area contributed by atoms with E-state index in [9.17, 15) is 9.59 Å². The van der Waals surface area contributed by atoms with Crippen LogP contribution in [0.3, 0.4) is 0 Å². The van der Waals surface area contributed by atoms with Gasteiger partial charge in [-0.3, -0.25) is 9.59 Å². The van der Waals surface area contributed by atoms with Crippen molar-refractivity contribution >= 4 is 11.9 Å². The lowest BCUT2D eigenvalue weighted by molar-refractivity contribution is -0.136. The number of aliphatic carboxylic acids is 1. The summed E-state index contributed by atoms with van der Waals surface area (Å²) < 4.78 is 0. The summed E-state index contributed by atoms with van der Waals surface area (Å²) in [6.45, 7) is 1.93. The third-order valence-electron chi connectivity index (χ3n) is 1.41. The first-order valence-electron chi connectivity index (χ1n) is 3.83. The van der Waals surface area contributed by atoms with Crippen molar-refractivity contribution in [1.82, 2.24) is 5.32 Å². The van der Waals surface area contributed by atoms with Gasteiger partial charge in [-0.15, -0.1) is 0 Å². The molecule has 0 heterocycles. The minimum atomic E-state index is -0.930. The second kappa shape index (κ2) is 5.54. The molecular weight excluding hydrogens is 160 g/mol. The lowest BCUT2D eigenvalue weighted by atomic mass is 10.2. The zero-order valence-electron chi connectivity index (χ0n) is 7.04. The summed E-state index contributed by atoms with van der Waals surface area (Å²) >= 11 is 0. The van der Waals surface area contributed by atoms with Crippen molar-refractivity contribution in [2.75, 3.05) is 6.54 Å². The molecule has 0 aromatic carbocycles. The number of carbonyl (C=O) groups is 2. The molecule has 1 amide bonds. The van der Waals surface area contributed by atoms with E-state index in [1.807, 2.05) is 0 Å². The van der Waals surface area contributed by atoms with Gasteiger partial charge in [-0.05, 0) is 6.42 Å². The van der Waals surface area contributed by atoms with Crippen LogP contribution in [0.1, 0.15) is 19.8 Å². The van der Waals surface area contributed by atoms with Crippen LogP contribution in [0, 0.1) is 0 Å². The number of nitrogens with two attached hydrogens (primary N) is 1. The van der Waals surface area contributed by atoms with Crippen molar-refractivity contribution in [3.8, 4) is 0 Å². The fourth-order valence-corrected chi connectivity index (χ4v) is 0.609. The van der Waals surface area contributed by atoms with E-state index in [1.165, 1.54) is 0 Å². The molecule has 0 bridgehead atoms. The summed E-state index contributed by atoms with van der Waals surface area (Å²) in [6, 6.07) is -0.529. The Morgan fingerprint density at radius 2 is 2.17 bits per heavy atom. The van der Waals surface area contributed by atoms with E-state index in [0.29, 0.717) is 6.42 Å². The van der Waals surface area contributed by atoms with Gasteiger partial charge in [-0.1, -0.05) is 6.92 Å². The first-order valence-corrected chi connectivity index (χ1v) is 3.83. The molecule has 5 nitrogen and oxygen atoms in total. The molecule has 12 heavy (non-hydrogen) atoms. The molecule has 0 aliphatic carbocycles. The summed E-state index contributed by atoms with van der Waals surface area (Å²) in [5.74, 6) is -1.22. The average Bonchev–Trinajstić information content (AvgIpc) is 2.02. The molecule has 5 heteroatoms. The van der Waals surface area contributed by atoms with Gasteiger partial charge in [0.1, 0.15) is 0 Å². The van der Waals surface area contributed by atoms with Crippen LogP contribution in [0.5, 0.6) is 0 Å². The predicted molar refractivity (Wildman–Crippen MR) is 43.5 cm³/mol. The molecule has 1 atom stereocenters. The minimum absolute atomic E-state index is 0.0673. The Balaban J connectivity index is 3.50. The summed E-state index contributed by atoms with van der Waals surface area (Å²) in [7, 11) is 0. The lowest BCUT2D eigenvalue weighted by Gasteiger charge is -2.08. The normalized spacial score (nSPS) is 12.2. The smallest absolute Gasteiger partial charge is 0.305 e. The molecule has 1 unspecified atom stereocenters. The van der Waals surface area contributed by atoms with Gasteiger partial charge >= 0.3 is 5.97 Å². The largest absolute Gasteiger partial charge is 0.481 e. The number of hydrogen-bond donors (Lipinski definition) is 3. The highest BCUT2D eigenvalue weighted by Crippen LogP contribution is 1.85. The Morgan fingerprint density at radius 1 is 1.58 bits per heavy atom.